The van der Waals surface area contributed by atoms with E-state index in [2.05, 4.69) is 4.74 Å². The van der Waals surface area contributed by atoms with E-state index in [4.69, 9.17) is 16.3 Å². The second-order valence-corrected chi connectivity index (χ2v) is 2.83. The molecule has 0 spiro atoms. The number of benzene rings is 1. The molecule has 0 aliphatic carbocycles. The van der Waals surface area contributed by atoms with Crippen molar-refractivity contribution in [1.82, 2.24) is 0 Å². The summed E-state index contributed by atoms with van der Waals surface area (Å²) < 4.78 is 9.67. The van der Waals surface area contributed by atoms with Crippen LogP contribution in [0.15, 0.2) is 18.2 Å². The Kier molecular flexibility index (Phi) is 3.67. The van der Waals surface area contributed by atoms with Crippen LogP contribution in [0.4, 0.5) is 5.69 Å². The van der Waals surface area contributed by atoms with Crippen LogP contribution >= 0.6 is 11.6 Å². The van der Waals surface area contributed by atoms with Gasteiger partial charge in [0.2, 0.25) is 0 Å². The fourth-order valence-electron chi connectivity index (χ4n) is 0.839. The number of rotatable bonds is 4. The first-order chi connectivity index (χ1) is 6.65. The summed E-state index contributed by atoms with van der Waals surface area (Å²) in [4.78, 5) is 9.90. The van der Waals surface area contributed by atoms with Gasteiger partial charge >= 0.3 is 0 Å². The lowest BCUT2D eigenvalue weighted by molar-refractivity contribution is -0.384. The van der Waals surface area contributed by atoms with E-state index in [1.165, 1.54) is 25.3 Å². The molecule has 0 aromatic heterocycles. The SMILES string of the molecule is COCOc1cc([N+](=O)[O-])ccc1Cl. The van der Waals surface area contributed by atoms with Crippen molar-refractivity contribution < 1.29 is 14.4 Å². The van der Waals surface area contributed by atoms with Crippen molar-refractivity contribution in [2.24, 2.45) is 0 Å². The summed E-state index contributed by atoms with van der Waals surface area (Å²) in [6.45, 7) is 0.000881. The molecule has 5 nitrogen and oxygen atoms in total. The Morgan fingerprint density at radius 3 is 2.86 bits per heavy atom. The van der Waals surface area contributed by atoms with Crippen LogP contribution < -0.4 is 4.74 Å². The summed E-state index contributed by atoms with van der Waals surface area (Å²) in [5.74, 6) is 0.239. The van der Waals surface area contributed by atoms with E-state index in [1.807, 2.05) is 0 Å². The highest BCUT2D eigenvalue weighted by molar-refractivity contribution is 6.32. The Morgan fingerprint density at radius 1 is 1.57 bits per heavy atom. The molecule has 0 atom stereocenters. The van der Waals surface area contributed by atoms with Gasteiger partial charge in [0.05, 0.1) is 16.0 Å². The van der Waals surface area contributed by atoms with E-state index >= 15 is 0 Å². The van der Waals surface area contributed by atoms with Crippen LogP contribution in [0.2, 0.25) is 5.02 Å². The number of nitro benzene ring substituents is 1. The number of non-ortho nitro benzene ring substituents is 1. The van der Waals surface area contributed by atoms with Gasteiger partial charge in [0, 0.05) is 13.2 Å². The third-order valence-electron chi connectivity index (χ3n) is 1.46. The van der Waals surface area contributed by atoms with Crippen molar-refractivity contribution in [1.29, 1.82) is 0 Å². The molecule has 14 heavy (non-hydrogen) atoms. The number of hydrogen-bond donors (Lipinski definition) is 0. The minimum absolute atomic E-state index is 0.000881. The molecule has 0 unspecified atom stereocenters. The lowest BCUT2D eigenvalue weighted by atomic mass is 10.3. The fraction of sp³-hybridized carbons (Fsp3) is 0.250. The van der Waals surface area contributed by atoms with Gasteiger partial charge in [0.15, 0.2) is 6.79 Å². The number of hydrogen-bond acceptors (Lipinski definition) is 4. The van der Waals surface area contributed by atoms with E-state index < -0.39 is 4.92 Å². The Bertz CT molecular complexity index is 342. The average molecular weight is 218 g/mol. The molecule has 0 aliphatic rings. The summed E-state index contributed by atoms with van der Waals surface area (Å²) in [7, 11) is 1.45. The van der Waals surface area contributed by atoms with Gasteiger partial charge in [0.1, 0.15) is 5.75 Å². The number of ether oxygens (including phenoxy) is 2. The second kappa shape index (κ2) is 4.78. The van der Waals surface area contributed by atoms with Crippen LogP contribution in [0.5, 0.6) is 5.75 Å². The molecule has 0 fully saturated rings. The minimum Gasteiger partial charge on any atom is -0.466 e. The van der Waals surface area contributed by atoms with Gasteiger partial charge in [0.25, 0.3) is 5.69 Å². The number of nitrogens with zero attached hydrogens (tertiary/aromatic N) is 1. The summed E-state index contributed by atoms with van der Waals surface area (Å²) in [5, 5.41) is 10.7. The topological polar surface area (TPSA) is 61.6 Å². The maximum absolute atomic E-state index is 10.4. The lowest BCUT2D eigenvalue weighted by Gasteiger charge is -2.05. The number of nitro groups is 1. The Hall–Kier alpha value is -1.33. The third-order valence-corrected chi connectivity index (χ3v) is 1.77. The summed E-state index contributed by atoms with van der Waals surface area (Å²) in [6.07, 6.45) is 0. The van der Waals surface area contributed by atoms with E-state index in [9.17, 15) is 10.1 Å². The van der Waals surface area contributed by atoms with Crippen molar-refractivity contribution >= 4 is 17.3 Å². The van der Waals surface area contributed by atoms with Crippen molar-refractivity contribution in [3.8, 4) is 5.75 Å². The molecule has 0 aliphatic heterocycles. The number of halogens is 1. The van der Waals surface area contributed by atoms with Crippen LogP contribution in [-0.4, -0.2) is 18.8 Å². The molecular weight excluding hydrogens is 210 g/mol. The van der Waals surface area contributed by atoms with Gasteiger partial charge in [-0.25, -0.2) is 0 Å². The van der Waals surface area contributed by atoms with E-state index in [0.717, 1.165) is 0 Å². The van der Waals surface area contributed by atoms with Gasteiger partial charge in [-0.2, -0.15) is 0 Å². The van der Waals surface area contributed by atoms with Crippen molar-refractivity contribution in [2.75, 3.05) is 13.9 Å². The summed E-state index contributed by atoms with van der Waals surface area (Å²) >= 11 is 5.73. The Labute approximate surface area is 85.3 Å². The van der Waals surface area contributed by atoms with Crippen molar-refractivity contribution in [3.05, 3.63) is 33.3 Å². The molecule has 1 rings (SSSR count). The zero-order valence-electron chi connectivity index (χ0n) is 7.40. The Balaban J connectivity index is 2.90. The van der Waals surface area contributed by atoms with Gasteiger partial charge in [-0.3, -0.25) is 10.1 Å². The molecule has 0 N–H and O–H groups in total. The normalized spacial score (nSPS) is 9.86. The second-order valence-electron chi connectivity index (χ2n) is 2.42. The molecule has 0 saturated heterocycles. The largest absolute Gasteiger partial charge is 0.466 e. The highest BCUT2D eigenvalue weighted by Crippen LogP contribution is 2.28. The standard InChI is InChI=1S/C8H8ClNO4/c1-13-5-14-8-4-6(10(11)12)2-3-7(8)9/h2-4H,5H2,1H3. The maximum Gasteiger partial charge on any atom is 0.273 e. The van der Waals surface area contributed by atoms with Gasteiger partial charge < -0.3 is 9.47 Å². The van der Waals surface area contributed by atoms with Crippen LogP contribution in [0, 0.1) is 10.1 Å². The first-order valence-corrected chi connectivity index (χ1v) is 4.08. The predicted octanol–water partition coefficient (Wildman–Crippen LogP) is 2.23. The highest BCUT2D eigenvalue weighted by Gasteiger charge is 2.10. The molecule has 0 amide bonds. The quantitative estimate of drug-likeness (QED) is 0.441. The zero-order chi connectivity index (χ0) is 10.6. The molecular formula is C8H8ClNO4. The minimum atomic E-state index is -0.518. The summed E-state index contributed by atoms with van der Waals surface area (Å²) in [5.41, 5.74) is -0.0690. The van der Waals surface area contributed by atoms with Crippen LogP contribution in [0.1, 0.15) is 0 Å². The Morgan fingerprint density at radius 2 is 2.29 bits per heavy atom. The van der Waals surface area contributed by atoms with Crippen molar-refractivity contribution in [2.45, 2.75) is 0 Å². The molecule has 0 saturated carbocycles. The monoisotopic (exact) mass is 217 g/mol. The van der Waals surface area contributed by atoms with Gasteiger partial charge in [-0.1, -0.05) is 11.6 Å². The molecule has 76 valence electrons. The van der Waals surface area contributed by atoms with Crippen LogP contribution in [0.3, 0.4) is 0 Å². The maximum atomic E-state index is 10.4. The molecule has 1 aromatic rings. The van der Waals surface area contributed by atoms with Crippen LogP contribution in [-0.2, 0) is 4.74 Å². The van der Waals surface area contributed by atoms with Crippen LogP contribution in [0.25, 0.3) is 0 Å². The molecule has 0 heterocycles. The zero-order valence-corrected chi connectivity index (χ0v) is 8.15. The van der Waals surface area contributed by atoms with E-state index in [-0.39, 0.29) is 18.2 Å². The number of methoxy groups -OCH3 is 1. The van der Waals surface area contributed by atoms with E-state index in [1.54, 1.807) is 0 Å². The third kappa shape index (κ3) is 2.58. The average Bonchev–Trinajstić information content (AvgIpc) is 2.16. The van der Waals surface area contributed by atoms with Gasteiger partial charge in [-0.05, 0) is 6.07 Å². The fourth-order valence-corrected chi connectivity index (χ4v) is 1.01. The highest BCUT2D eigenvalue weighted by atomic mass is 35.5. The first kappa shape index (κ1) is 10.7. The molecule has 1 aromatic carbocycles. The molecule has 0 bridgehead atoms. The molecule has 0 radical (unpaired) electrons. The van der Waals surface area contributed by atoms with E-state index in [0.29, 0.717) is 5.02 Å². The van der Waals surface area contributed by atoms with Gasteiger partial charge in [-0.15, -0.1) is 0 Å². The van der Waals surface area contributed by atoms with Crippen molar-refractivity contribution in [3.63, 3.8) is 0 Å². The predicted molar refractivity (Wildman–Crippen MR) is 50.6 cm³/mol. The lowest BCUT2D eigenvalue weighted by Crippen LogP contribution is -2.00. The first-order valence-electron chi connectivity index (χ1n) is 3.71. The smallest absolute Gasteiger partial charge is 0.273 e. The molecule has 6 heteroatoms. The summed E-state index contributed by atoms with van der Waals surface area (Å²) in [6, 6.07) is 3.97.